The van der Waals surface area contributed by atoms with Crippen LogP contribution in [0.2, 0.25) is 0 Å². The zero-order chi connectivity index (χ0) is 62.6. The van der Waals surface area contributed by atoms with Crippen molar-refractivity contribution >= 4 is 17.9 Å². The number of esters is 2. The Morgan fingerprint density at radius 1 is 0.360 bits per heavy atom. The minimum absolute atomic E-state index is 0.182. The average molecular weight is 1200 g/mol. The van der Waals surface area contributed by atoms with E-state index in [4.69, 9.17) is 18.9 Å². The molecule has 0 aromatic carbocycles. The number of nitrogens with zero attached hydrogens (tertiary/aromatic N) is 1. The zero-order valence-corrected chi connectivity index (χ0v) is 56.7. The van der Waals surface area contributed by atoms with Crippen molar-refractivity contribution in [2.24, 2.45) is 0 Å². The van der Waals surface area contributed by atoms with E-state index in [1.54, 1.807) is 0 Å². The molecule has 1 N–H and O–H groups in total. The number of quaternary nitrogens is 1. The summed E-state index contributed by atoms with van der Waals surface area (Å²) in [5.74, 6) is -1.99. The standard InChI is InChI=1S/C77H135NO8/c1-6-8-10-12-14-16-18-20-22-24-26-28-30-32-33-34-35-36-37-38-39-40-41-42-43-44-46-48-50-52-54-56-58-60-62-64-66-68-75(80)86-73(72-85-77(76(81)82)83-70-69-78(3,4)5)71-84-74(79)67-65-63-61-59-57-55-53-51-49-47-45-31-29-27-25-23-21-19-17-15-13-11-9-7-2/h8,10,14,16,20,22,26,28,32-33,35-36,38-39,41-42,73,77H,6-7,9,11-13,15,17-19,21,23-25,27,29-31,34,37,40,43-72H2,1-5H3/p+1/b10-8-,16-14-,22-20-,28-26-,33-32-,36-35-,39-38-,42-41-. The molecule has 0 rings (SSSR count). The summed E-state index contributed by atoms with van der Waals surface area (Å²) in [7, 11) is 5.98. The van der Waals surface area contributed by atoms with Crippen LogP contribution < -0.4 is 0 Å². The molecule has 0 saturated heterocycles. The van der Waals surface area contributed by atoms with Gasteiger partial charge in [0.05, 0.1) is 34.4 Å². The van der Waals surface area contributed by atoms with Gasteiger partial charge >= 0.3 is 17.9 Å². The van der Waals surface area contributed by atoms with Crippen LogP contribution in [-0.4, -0.2) is 87.4 Å². The smallest absolute Gasteiger partial charge is 0.361 e. The Labute approximate surface area is 531 Å². The number of allylic oxidation sites excluding steroid dienone is 16. The summed E-state index contributed by atoms with van der Waals surface area (Å²) in [4.78, 5) is 37.6. The van der Waals surface area contributed by atoms with E-state index in [0.717, 1.165) is 89.9 Å². The summed E-state index contributed by atoms with van der Waals surface area (Å²) in [6.07, 6.45) is 89.5. The minimum Gasteiger partial charge on any atom is -0.477 e. The third-order valence-electron chi connectivity index (χ3n) is 15.6. The van der Waals surface area contributed by atoms with Crippen molar-refractivity contribution in [1.82, 2.24) is 0 Å². The molecular formula is C77H136NO8+. The lowest BCUT2D eigenvalue weighted by Crippen LogP contribution is -2.40. The van der Waals surface area contributed by atoms with Gasteiger partial charge in [-0.3, -0.25) is 9.59 Å². The number of unbranched alkanes of at least 4 members (excludes halogenated alkanes) is 35. The number of hydrogen-bond donors (Lipinski definition) is 1. The van der Waals surface area contributed by atoms with Gasteiger partial charge in [0.2, 0.25) is 0 Å². The molecule has 2 atom stereocenters. The highest BCUT2D eigenvalue weighted by Gasteiger charge is 2.25. The summed E-state index contributed by atoms with van der Waals surface area (Å²) < 4.78 is 23.0. The summed E-state index contributed by atoms with van der Waals surface area (Å²) in [6, 6.07) is 0. The SMILES string of the molecule is CC/C=C\C/C=C\C/C=C\C/C=C\C/C=C\C/C=C\C/C=C\C/C=C\CCCCCCCCCCCCCCC(=O)OC(COC(=O)CCCCCCCCCCCCCCCCCCCCCCCCCC)COC(OCC[N+](C)(C)C)C(=O)O. The van der Waals surface area contributed by atoms with Crippen LogP contribution in [0.25, 0.3) is 0 Å². The van der Waals surface area contributed by atoms with E-state index in [9.17, 15) is 19.5 Å². The molecule has 0 aliphatic carbocycles. The van der Waals surface area contributed by atoms with Gasteiger partial charge in [0.1, 0.15) is 13.2 Å². The molecule has 0 aliphatic heterocycles. The highest BCUT2D eigenvalue weighted by molar-refractivity contribution is 5.71. The Kier molecular flexibility index (Phi) is 64.2. The summed E-state index contributed by atoms with van der Waals surface area (Å²) >= 11 is 0. The minimum atomic E-state index is -1.51. The number of ether oxygens (including phenoxy) is 4. The predicted molar refractivity (Wildman–Crippen MR) is 369 cm³/mol. The first kappa shape index (κ1) is 82.2. The van der Waals surface area contributed by atoms with Crippen molar-refractivity contribution in [2.75, 3.05) is 47.5 Å². The third-order valence-corrected chi connectivity index (χ3v) is 15.6. The Morgan fingerprint density at radius 2 is 0.663 bits per heavy atom. The number of hydrogen-bond acceptors (Lipinski definition) is 7. The van der Waals surface area contributed by atoms with E-state index in [0.29, 0.717) is 23.9 Å². The quantitative estimate of drug-likeness (QED) is 0.0211. The van der Waals surface area contributed by atoms with Crippen LogP contribution in [-0.2, 0) is 33.3 Å². The first-order chi connectivity index (χ1) is 42.1. The van der Waals surface area contributed by atoms with Gasteiger partial charge in [-0.15, -0.1) is 0 Å². The molecule has 0 bridgehead atoms. The van der Waals surface area contributed by atoms with Crippen LogP contribution >= 0.6 is 0 Å². The fourth-order valence-electron chi connectivity index (χ4n) is 10.2. The molecule has 86 heavy (non-hydrogen) atoms. The second-order valence-electron chi connectivity index (χ2n) is 25.2. The molecule has 0 spiro atoms. The largest absolute Gasteiger partial charge is 0.477 e. The molecule has 0 heterocycles. The molecule has 0 aromatic heterocycles. The predicted octanol–water partition coefficient (Wildman–Crippen LogP) is 22.4. The normalized spacial score (nSPS) is 13.3. The average Bonchev–Trinajstić information content (AvgIpc) is 3.64. The molecule has 2 unspecified atom stereocenters. The number of carboxylic acids is 1. The summed E-state index contributed by atoms with van der Waals surface area (Å²) in [6.45, 7) is 4.80. The maximum atomic E-state index is 13.0. The summed E-state index contributed by atoms with van der Waals surface area (Å²) in [5.41, 5.74) is 0. The van der Waals surface area contributed by atoms with Crippen molar-refractivity contribution in [1.29, 1.82) is 0 Å². The maximum Gasteiger partial charge on any atom is 0.361 e. The number of likely N-dealkylation sites (N-methyl/N-ethyl adjacent to an activating group) is 1. The topological polar surface area (TPSA) is 108 Å². The lowest BCUT2D eigenvalue weighted by molar-refractivity contribution is -0.870. The number of rotatable bonds is 66. The Balaban J connectivity index is 4.11. The van der Waals surface area contributed by atoms with Crippen molar-refractivity contribution in [3.63, 3.8) is 0 Å². The lowest BCUT2D eigenvalue weighted by Gasteiger charge is -2.25. The first-order valence-electron chi connectivity index (χ1n) is 35.9. The molecule has 0 amide bonds. The number of carbonyl (C=O) groups is 3. The van der Waals surface area contributed by atoms with Crippen LogP contribution in [0.3, 0.4) is 0 Å². The molecule has 496 valence electrons. The second-order valence-corrected chi connectivity index (χ2v) is 25.2. The highest BCUT2D eigenvalue weighted by Crippen LogP contribution is 2.18. The Morgan fingerprint density at radius 3 is 0.988 bits per heavy atom. The molecule has 0 aromatic rings. The van der Waals surface area contributed by atoms with Crippen molar-refractivity contribution in [3.05, 3.63) is 97.2 Å². The monoisotopic (exact) mass is 1200 g/mol. The van der Waals surface area contributed by atoms with Crippen molar-refractivity contribution in [2.45, 2.75) is 328 Å². The fraction of sp³-hybridized carbons (Fsp3) is 0.753. The lowest BCUT2D eigenvalue weighted by atomic mass is 10.0. The Hall–Kier alpha value is -3.79. The van der Waals surface area contributed by atoms with Crippen LogP contribution in [0.1, 0.15) is 316 Å². The van der Waals surface area contributed by atoms with Gasteiger partial charge in [0.15, 0.2) is 6.10 Å². The van der Waals surface area contributed by atoms with E-state index in [2.05, 4.69) is 111 Å². The second kappa shape index (κ2) is 67.1. The van der Waals surface area contributed by atoms with E-state index in [1.807, 2.05) is 21.1 Å². The third kappa shape index (κ3) is 67.7. The van der Waals surface area contributed by atoms with Gasteiger partial charge in [-0.05, 0) is 77.0 Å². The zero-order valence-electron chi connectivity index (χ0n) is 56.7. The van der Waals surface area contributed by atoms with Gasteiger partial charge in [-0.25, -0.2) is 4.79 Å². The van der Waals surface area contributed by atoms with Crippen LogP contribution in [0, 0.1) is 0 Å². The molecule has 0 radical (unpaired) electrons. The molecule has 0 saturated carbocycles. The van der Waals surface area contributed by atoms with Crippen LogP contribution in [0.15, 0.2) is 97.2 Å². The fourth-order valence-corrected chi connectivity index (χ4v) is 10.2. The van der Waals surface area contributed by atoms with Crippen molar-refractivity contribution < 1.29 is 42.9 Å². The molecule has 0 fully saturated rings. The van der Waals surface area contributed by atoms with Gasteiger partial charge in [-0.2, -0.15) is 0 Å². The van der Waals surface area contributed by atoms with Crippen molar-refractivity contribution in [3.8, 4) is 0 Å². The van der Waals surface area contributed by atoms with Gasteiger partial charge in [0.25, 0.3) is 6.29 Å². The number of aliphatic carboxylic acids is 1. The van der Waals surface area contributed by atoms with Gasteiger partial charge in [0, 0.05) is 12.8 Å². The van der Waals surface area contributed by atoms with Crippen LogP contribution in [0.5, 0.6) is 0 Å². The molecule has 0 aliphatic rings. The molecule has 9 nitrogen and oxygen atoms in total. The highest BCUT2D eigenvalue weighted by atomic mass is 16.7. The van der Waals surface area contributed by atoms with E-state index < -0.39 is 24.3 Å². The maximum absolute atomic E-state index is 13.0. The van der Waals surface area contributed by atoms with Crippen LogP contribution in [0.4, 0.5) is 0 Å². The number of carbonyl (C=O) groups excluding carboxylic acids is 2. The molecular weight excluding hydrogens is 1070 g/mol. The van der Waals surface area contributed by atoms with E-state index in [1.165, 1.54) is 193 Å². The number of carboxylic acid groups (broad SMARTS) is 1. The van der Waals surface area contributed by atoms with Gasteiger partial charge in [-0.1, -0.05) is 323 Å². The van der Waals surface area contributed by atoms with Gasteiger partial charge < -0.3 is 28.5 Å². The van der Waals surface area contributed by atoms with E-state index >= 15 is 0 Å². The van der Waals surface area contributed by atoms with E-state index in [-0.39, 0.29) is 32.2 Å². The first-order valence-corrected chi connectivity index (χ1v) is 35.9. The summed E-state index contributed by atoms with van der Waals surface area (Å²) in [5, 5.41) is 9.75. The Bertz CT molecular complexity index is 1730. The molecule has 9 heteroatoms.